The van der Waals surface area contributed by atoms with Gasteiger partial charge in [0, 0.05) is 33.5 Å². The van der Waals surface area contributed by atoms with Crippen LogP contribution in [0.2, 0.25) is 0 Å². The van der Waals surface area contributed by atoms with Gasteiger partial charge in [0.1, 0.15) is 0 Å². The Morgan fingerprint density at radius 1 is 0.361 bits per heavy atom. The van der Waals surface area contributed by atoms with E-state index in [0.29, 0.717) is 5.82 Å². The number of para-hydroxylation sites is 1. The number of aryl methyl sites for hydroxylation is 1. The molecule has 0 bridgehead atoms. The van der Waals surface area contributed by atoms with Crippen molar-refractivity contribution in [3.63, 3.8) is 0 Å². The molecule has 0 saturated heterocycles. The molecule has 0 N–H and O–H groups in total. The van der Waals surface area contributed by atoms with Crippen LogP contribution in [-0.4, -0.2) is 14.5 Å². The summed E-state index contributed by atoms with van der Waals surface area (Å²) in [5.74, 6) is 0.712. The molecule has 1 aliphatic carbocycles. The average molecular weight is 780 g/mol. The van der Waals surface area contributed by atoms with Crippen LogP contribution in [0.4, 0.5) is 0 Å². The Hall–Kier alpha value is -7.88. The number of rotatable bonds is 8. The summed E-state index contributed by atoms with van der Waals surface area (Å²) in [4.78, 5) is 10.1. The van der Waals surface area contributed by atoms with Crippen LogP contribution in [0, 0.1) is 0 Å². The van der Waals surface area contributed by atoms with Gasteiger partial charge in [-0.3, -0.25) is 0 Å². The van der Waals surface area contributed by atoms with Crippen molar-refractivity contribution in [2.45, 2.75) is 12.8 Å². The largest absolute Gasteiger partial charge is 0.310 e. The summed E-state index contributed by atoms with van der Waals surface area (Å²) in [7, 11) is 0. The molecule has 288 valence electrons. The van der Waals surface area contributed by atoms with Crippen molar-refractivity contribution in [1.82, 2.24) is 14.5 Å². The molecule has 0 aliphatic heterocycles. The number of benzene rings is 8. The Balaban J connectivity index is 0.988. The van der Waals surface area contributed by atoms with Gasteiger partial charge in [0.25, 0.3) is 0 Å². The van der Waals surface area contributed by atoms with Crippen LogP contribution < -0.4 is 0 Å². The summed E-state index contributed by atoms with van der Waals surface area (Å²) < 4.78 is 2.42. The first kappa shape index (κ1) is 36.2. The molecule has 0 radical (unpaired) electrons. The number of hydrogen-bond acceptors (Lipinski definition) is 2. The summed E-state index contributed by atoms with van der Waals surface area (Å²) in [6.07, 6.45) is 6.76. The number of hydrogen-bond donors (Lipinski definition) is 0. The monoisotopic (exact) mass is 779 g/mol. The normalized spacial score (nSPS) is 12.1. The molecule has 10 aromatic rings. The first-order chi connectivity index (χ1) is 30.2. The molecule has 11 rings (SSSR count). The Morgan fingerprint density at radius 2 is 0.787 bits per heavy atom. The van der Waals surface area contributed by atoms with Gasteiger partial charge >= 0.3 is 0 Å². The highest BCUT2D eigenvalue weighted by atomic mass is 15.0. The zero-order valence-corrected chi connectivity index (χ0v) is 33.6. The molecule has 0 saturated carbocycles. The fraction of sp³-hybridized carbons (Fsp3) is 0.0345. The lowest BCUT2D eigenvalue weighted by Crippen LogP contribution is -2.00. The molecular weight excluding hydrogens is 739 g/mol. The van der Waals surface area contributed by atoms with Crippen LogP contribution >= 0.6 is 0 Å². The third kappa shape index (κ3) is 7.07. The molecule has 3 heteroatoms. The van der Waals surface area contributed by atoms with E-state index in [4.69, 9.17) is 9.97 Å². The number of nitrogens with zero attached hydrogens (tertiary/aromatic N) is 3. The first-order valence-corrected chi connectivity index (χ1v) is 21.0. The van der Waals surface area contributed by atoms with Crippen molar-refractivity contribution in [2.24, 2.45) is 0 Å². The Bertz CT molecular complexity index is 3120. The fourth-order valence-corrected chi connectivity index (χ4v) is 8.78. The van der Waals surface area contributed by atoms with Gasteiger partial charge in [-0.05, 0) is 111 Å². The maximum absolute atomic E-state index is 5.09. The zero-order valence-electron chi connectivity index (χ0n) is 33.6. The predicted molar refractivity (Wildman–Crippen MR) is 254 cm³/mol. The second kappa shape index (κ2) is 15.7. The highest BCUT2D eigenvalue weighted by Crippen LogP contribution is 2.38. The molecule has 0 spiro atoms. The molecule has 3 nitrogen and oxygen atoms in total. The number of fused-ring (bicyclic) bond motifs is 3. The lowest BCUT2D eigenvalue weighted by molar-refractivity contribution is 0.967. The van der Waals surface area contributed by atoms with E-state index in [1.165, 1.54) is 61.2 Å². The van der Waals surface area contributed by atoms with E-state index in [2.05, 4.69) is 205 Å². The van der Waals surface area contributed by atoms with Gasteiger partial charge in [0.15, 0.2) is 5.82 Å². The van der Waals surface area contributed by atoms with Crippen LogP contribution in [-0.2, 0) is 6.42 Å². The van der Waals surface area contributed by atoms with Gasteiger partial charge in [-0.2, -0.15) is 0 Å². The molecule has 0 atom stereocenters. The number of allylic oxidation sites excluding steroid dienone is 1. The molecule has 1 aliphatic rings. The van der Waals surface area contributed by atoms with Crippen LogP contribution in [0.5, 0.6) is 0 Å². The zero-order chi connectivity index (χ0) is 40.5. The van der Waals surface area contributed by atoms with E-state index in [1.807, 2.05) is 24.3 Å². The lowest BCUT2D eigenvalue weighted by Gasteiger charge is -2.15. The van der Waals surface area contributed by atoms with E-state index in [0.717, 1.165) is 52.0 Å². The minimum atomic E-state index is 0.712. The van der Waals surface area contributed by atoms with Crippen molar-refractivity contribution in [2.75, 3.05) is 0 Å². The van der Waals surface area contributed by atoms with Gasteiger partial charge in [-0.25, -0.2) is 9.97 Å². The minimum Gasteiger partial charge on any atom is -0.310 e. The summed E-state index contributed by atoms with van der Waals surface area (Å²) >= 11 is 0. The van der Waals surface area contributed by atoms with E-state index >= 15 is 0 Å². The lowest BCUT2D eigenvalue weighted by atomic mass is 9.92. The third-order valence-electron chi connectivity index (χ3n) is 11.9. The highest BCUT2D eigenvalue weighted by Gasteiger charge is 2.19. The van der Waals surface area contributed by atoms with Gasteiger partial charge in [0.05, 0.1) is 16.9 Å². The Morgan fingerprint density at radius 3 is 1.36 bits per heavy atom. The second-order valence-corrected chi connectivity index (χ2v) is 15.7. The quantitative estimate of drug-likeness (QED) is 0.154. The van der Waals surface area contributed by atoms with Gasteiger partial charge in [-0.1, -0.05) is 176 Å². The molecule has 0 fully saturated rings. The smallest absolute Gasteiger partial charge is 0.160 e. The SMILES string of the molecule is C1=Cc2c(c3ccccc3n2-c2ccc(-c3cc(-c4ccc(-c5ccccc5)cc4)cc(-c4ccc(-c5cc(-c6ccccc6)nc(-c6ccccc6)n5)cc4)c3)cc2)CC1. The molecule has 2 aromatic heterocycles. The molecule has 8 aromatic carbocycles. The second-order valence-electron chi connectivity index (χ2n) is 15.7. The predicted octanol–water partition coefficient (Wildman–Crippen LogP) is 15.0. The van der Waals surface area contributed by atoms with E-state index < -0.39 is 0 Å². The summed E-state index contributed by atoms with van der Waals surface area (Å²) in [5.41, 5.74) is 19.5. The maximum Gasteiger partial charge on any atom is 0.160 e. The Labute approximate surface area is 356 Å². The molecule has 0 unspecified atom stereocenters. The molecule has 0 amide bonds. The third-order valence-corrected chi connectivity index (χ3v) is 11.9. The van der Waals surface area contributed by atoms with E-state index in [-0.39, 0.29) is 0 Å². The summed E-state index contributed by atoms with van der Waals surface area (Å²) in [6.45, 7) is 0. The van der Waals surface area contributed by atoms with Crippen LogP contribution in [0.15, 0.2) is 218 Å². The summed E-state index contributed by atoms with van der Waals surface area (Å²) in [6, 6.07) is 75.9. The van der Waals surface area contributed by atoms with Crippen molar-refractivity contribution < 1.29 is 0 Å². The average Bonchev–Trinajstić information content (AvgIpc) is 3.69. The van der Waals surface area contributed by atoms with Crippen LogP contribution in [0.25, 0.3) is 101 Å². The van der Waals surface area contributed by atoms with Gasteiger partial charge in [0.2, 0.25) is 0 Å². The van der Waals surface area contributed by atoms with Crippen LogP contribution in [0.1, 0.15) is 17.7 Å². The standard InChI is InChI=1S/C58H41N3/c1-4-14-40(15-5-1)41-24-26-42(27-25-41)48-36-49(38-50(37-48)44-32-34-51(35-33-44)61-56-22-12-10-20-52(56)53-21-11-13-23-57(53)61)43-28-30-46(31-29-43)55-39-54(45-16-6-2-7-17-45)59-58(60-55)47-18-8-3-9-19-47/h1-10,12-20,22-39H,11,21H2. The Kier molecular flexibility index (Phi) is 9.33. The molecular formula is C58H41N3. The molecule has 61 heavy (non-hydrogen) atoms. The van der Waals surface area contributed by atoms with Crippen LogP contribution in [0.3, 0.4) is 0 Å². The van der Waals surface area contributed by atoms with Crippen molar-refractivity contribution in [3.05, 3.63) is 230 Å². The molecule has 2 heterocycles. The van der Waals surface area contributed by atoms with Gasteiger partial charge in [-0.15, -0.1) is 0 Å². The van der Waals surface area contributed by atoms with Gasteiger partial charge < -0.3 is 4.57 Å². The summed E-state index contributed by atoms with van der Waals surface area (Å²) in [5, 5.41) is 1.35. The van der Waals surface area contributed by atoms with E-state index in [1.54, 1.807) is 0 Å². The maximum atomic E-state index is 5.09. The van der Waals surface area contributed by atoms with E-state index in [9.17, 15) is 0 Å². The minimum absolute atomic E-state index is 0.712. The van der Waals surface area contributed by atoms with Crippen molar-refractivity contribution in [1.29, 1.82) is 0 Å². The highest BCUT2D eigenvalue weighted by molar-refractivity contribution is 5.91. The topological polar surface area (TPSA) is 30.7 Å². The number of aromatic nitrogens is 3. The van der Waals surface area contributed by atoms with Crippen molar-refractivity contribution in [3.8, 4) is 84.1 Å². The first-order valence-electron chi connectivity index (χ1n) is 21.0. The van der Waals surface area contributed by atoms with Crippen molar-refractivity contribution >= 4 is 17.0 Å². The fourth-order valence-electron chi connectivity index (χ4n) is 8.78.